The van der Waals surface area contributed by atoms with E-state index in [0.29, 0.717) is 18.0 Å². The van der Waals surface area contributed by atoms with Gasteiger partial charge in [-0.05, 0) is 31.2 Å². The number of amides is 1. The van der Waals surface area contributed by atoms with Crippen molar-refractivity contribution in [2.24, 2.45) is 0 Å². The number of benzene rings is 2. The summed E-state index contributed by atoms with van der Waals surface area (Å²) < 4.78 is 5.47. The molecule has 6 heteroatoms. The lowest BCUT2D eigenvalue weighted by atomic mass is 10.2. The van der Waals surface area contributed by atoms with Crippen molar-refractivity contribution < 1.29 is 14.6 Å². The van der Waals surface area contributed by atoms with Crippen LogP contribution in [-0.2, 0) is 4.79 Å². The van der Waals surface area contributed by atoms with E-state index in [1.807, 2.05) is 25.1 Å². The Morgan fingerprint density at radius 3 is 2.54 bits per heavy atom. The number of carbonyl (C=O) groups excluding carboxylic acids is 1. The van der Waals surface area contributed by atoms with Gasteiger partial charge in [0.15, 0.2) is 0 Å². The van der Waals surface area contributed by atoms with Crippen molar-refractivity contribution in [3.63, 3.8) is 0 Å². The van der Waals surface area contributed by atoms with Crippen LogP contribution in [-0.4, -0.2) is 17.6 Å². The summed E-state index contributed by atoms with van der Waals surface area (Å²) in [6.07, 6.45) is 1.30. The van der Waals surface area contributed by atoms with Gasteiger partial charge in [-0.2, -0.15) is 5.26 Å². The molecule has 0 aromatic heterocycles. The molecule has 2 aromatic rings. The molecule has 0 saturated heterocycles. The van der Waals surface area contributed by atoms with Crippen LogP contribution in [0.2, 0.25) is 0 Å². The molecule has 0 unspecified atom stereocenters. The van der Waals surface area contributed by atoms with E-state index in [1.54, 1.807) is 30.3 Å². The number of phenols is 1. The van der Waals surface area contributed by atoms with Crippen molar-refractivity contribution in [1.29, 1.82) is 5.26 Å². The molecule has 2 aromatic carbocycles. The molecule has 0 aliphatic carbocycles. The summed E-state index contributed by atoms with van der Waals surface area (Å²) in [5, 5.41) is 24.2. The highest BCUT2D eigenvalue weighted by atomic mass is 16.5. The Hall–Kier alpha value is -3.46. The number of nitriles is 1. The predicted molar refractivity (Wildman–Crippen MR) is 91.7 cm³/mol. The van der Waals surface area contributed by atoms with Crippen molar-refractivity contribution in [1.82, 2.24) is 0 Å². The topological polar surface area (TPSA) is 94.4 Å². The number of aromatic hydroxyl groups is 1. The molecule has 0 bridgehead atoms. The number of ether oxygens (including phenoxy) is 1. The summed E-state index contributed by atoms with van der Waals surface area (Å²) >= 11 is 0. The van der Waals surface area contributed by atoms with Gasteiger partial charge in [0.25, 0.3) is 5.91 Å². The van der Waals surface area contributed by atoms with Crippen LogP contribution < -0.4 is 15.4 Å². The molecule has 6 nitrogen and oxygen atoms in total. The Bertz CT molecular complexity index is 794. The molecule has 0 heterocycles. The molecular formula is C18H17N3O3. The van der Waals surface area contributed by atoms with Gasteiger partial charge in [-0.1, -0.05) is 24.3 Å². The zero-order chi connectivity index (χ0) is 17.4. The van der Waals surface area contributed by atoms with Crippen LogP contribution in [0.25, 0.3) is 0 Å². The normalized spacial score (nSPS) is 10.6. The number of hydrogen-bond acceptors (Lipinski definition) is 5. The lowest BCUT2D eigenvalue weighted by Gasteiger charge is -2.10. The fourth-order valence-electron chi connectivity index (χ4n) is 1.93. The van der Waals surface area contributed by atoms with Crippen LogP contribution in [0.15, 0.2) is 60.3 Å². The molecular weight excluding hydrogens is 306 g/mol. The van der Waals surface area contributed by atoms with Gasteiger partial charge < -0.3 is 20.5 Å². The minimum atomic E-state index is -0.625. The van der Waals surface area contributed by atoms with Crippen LogP contribution in [0.5, 0.6) is 11.5 Å². The molecule has 0 aliphatic heterocycles. The Labute approximate surface area is 140 Å². The third-order valence-corrected chi connectivity index (χ3v) is 3.08. The summed E-state index contributed by atoms with van der Waals surface area (Å²) in [4.78, 5) is 12.1. The summed E-state index contributed by atoms with van der Waals surface area (Å²) in [5.41, 5.74) is 0.741. The van der Waals surface area contributed by atoms with E-state index in [1.165, 1.54) is 12.3 Å². The molecule has 1 amide bonds. The molecule has 122 valence electrons. The van der Waals surface area contributed by atoms with E-state index >= 15 is 0 Å². The lowest BCUT2D eigenvalue weighted by Crippen LogP contribution is -2.14. The van der Waals surface area contributed by atoms with Gasteiger partial charge in [-0.25, -0.2) is 0 Å². The summed E-state index contributed by atoms with van der Waals surface area (Å²) in [6.45, 7) is 2.37. The molecule has 0 saturated carbocycles. The Kier molecular flexibility index (Phi) is 5.81. The third-order valence-electron chi connectivity index (χ3n) is 3.08. The Morgan fingerprint density at radius 2 is 1.88 bits per heavy atom. The van der Waals surface area contributed by atoms with Crippen molar-refractivity contribution >= 4 is 17.3 Å². The van der Waals surface area contributed by atoms with Gasteiger partial charge in [0.1, 0.15) is 23.1 Å². The second kappa shape index (κ2) is 8.25. The van der Waals surface area contributed by atoms with E-state index in [4.69, 9.17) is 4.74 Å². The summed E-state index contributed by atoms with van der Waals surface area (Å²) in [5.74, 6) is -0.0761. The highest BCUT2D eigenvalue weighted by Crippen LogP contribution is 2.24. The van der Waals surface area contributed by atoms with Crippen LogP contribution in [0.3, 0.4) is 0 Å². The molecule has 24 heavy (non-hydrogen) atoms. The van der Waals surface area contributed by atoms with Crippen molar-refractivity contribution in [3.05, 3.63) is 60.3 Å². The number of hydrogen-bond donors (Lipinski definition) is 3. The van der Waals surface area contributed by atoms with E-state index in [9.17, 15) is 15.2 Å². The number of carbonyl (C=O) groups is 1. The highest BCUT2D eigenvalue weighted by molar-refractivity contribution is 6.07. The number of para-hydroxylation sites is 4. The molecule has 0 radical (unpaired) electrons. The SMILES string of the molecule is CCOc1ccccc1N/C=C(/C#N)C(=O)Nc1ccccc1O. The van der Waals surface area contributed by atoms with Gasteiger partial charge in [0.05, 0.1) is 18.0 Å². The largest absolute Gasteiger partial charge is 0.506 e. The first kappa shape index (κ1) is 16.9. The maximum atomic E-state index is 12.1. The smallest absolute Gasteiger partial charge is 0.267 e. The first-order chi connectivity index (χ1) is 11.7. The fraction of sp³-hybridized carbons (Fsp3) is 0.111. The van der Waals surface area contributed by atoms with E-state index in [-0.39, 0.29) is 17.0 Å². The molecule has 2 rings (SSSR count). The number of phenolic OH excluding ortho intramolecular Hbond substituents is 1. The lowest BCUT2D eigenvalue weighted by molar-refractivity contribution is -0.112. The Morgan fingerprint density at radius 1 is 1.21 bits per heavy atom. The summed E-state index contributed by atoms with van der Waals surface area (Å²) in [7, 11) is 0. The predicted octanol–water partition coefficient (Wildman–Crippen LogP) is 3.25. The number of anilines is 2. The van der Waals surface area contributed by atoms with E-state index in [2.05, 4.69) is 10.6 Å². The Balaban J connectivity index is 2.14. The number of rotatable bonds is 6. The van der Waals surface area contributed by atoms with Crippen LogP contribution in [0.4, 0.5) is 11.4 Å². The van der Waals surface area contributed by atoms with Gasteiger partial charge in [0, 0.05) is 6.20 Å². The highest BCUT2D eigenvalue weighted by Gasteiger charge is 2.11. The molecule has 0 spiro atoms. The van der Waals surface area contributed by atoms with Gasteiger partial charge in [-0.15, -0.1) is 0 Å². The zero-order valence-electron chi connectivity index (χ0n) is 13.1. The minimum absolute atomic E-state index is 0.0715. The third kappa shape index (κ3) is 4.27. The number of nitrogens with one attached hydrogen (secondary N) is 2. The quantitative estimate of drug-likeness (QED) is 0.431. The average Bonchev–Trinajstić information content (AvgIpc) is 2.59. The first-order valence-electron chi connectivity index (χ1n) is 7.33. The molecule has 0 aliphatic rings. The fourth-order valence-corrected chi connectivity index (χ4v) is 1.93. The summed E-state index contributed by atoms with van der Waals surface area (Å²) in [6, 6.07) is 15.3. The zero-order valence-corrected chi connectivity index (χ0v) is 13.1. The average molecular weight is 323 g/mol. The van der Waals surface area contributed by atoms with E-state index < -0.39 is 5.91 Å². The second-order valence-corrected chi connectivity index (χ2v) is 4.71. The van der Waals surface area contributed by atoms with Gasteiger partial charge >= 0.3 is 0 Å². The molecule has 0 atom stereocenters. The monoisotopic (exact) mass is 323 g/mol. The standard InChI is InChI=1S/C18H17N3O3/c1-2-24-17-10-6-4-8-15(17)20-12-13(11-19)18(23)21-14-7-3-5-9-16(14)22/h3-10,12,20,22H,2H2,1H3,(H,21,23)/b13-12-. The van der Waals surface area contributed by atoms with Crippen molar-refractivity contribution in [2.45, 2.75) is 6.92 Å². The molecule has 3 N–H and O–H groups in total. The van der Waals surface area contributed by atoms with Crippen LogP contribution >= 0.6 is 0 Å². The maximum absolute atomic E-state index is 12.1. The second-order valence-electron chi connectivity index (χ2n) is 4.71. The minimum Gasteiger partial charge on any atom is -0.506 e. The van der Waals surface area contributed by atoms with Gasteiger partial charge in [-0.3, -0.25) is 4.79 Å². The van der Waals surface area contributed by atoms with Crippen LogP contribution in [0.1, 0.15) is 6.92 Å². The van der Waals surface area contributed by atoms with Crippen LogP contribution in [0, 0.1) is 11.3 Å². The number of nitrogens with zero attached hydrogens (tertiary/aromatic N) is 1. The van der Waals surface area contributed by atoms with E-state index in [0.717, 1.165) is 0 Å². The first-order valence-corrected chi connectivity index (χ1v) is 7.33. The maximum Gasteiger partial charge on any atom is 0.267 e. The van der Waals surface area contributed by atoms with Crippen molar-refractivity contribution in [2.75, 3.05) is 17.2 Å². The molecule has 0 fully saturated rings. The van der Waals surface area contributed by atoms with Crippen molar-refractivity contribution in [3.8, 4) is 17.6 Å². The van der Waals surface area contributed by atoms with Gasteiger partial charge in [0.2, 0.25) is 0 Å².